The fourth-order valence-electron chi connectivity index (χ4n) is 3.51. The lowest BCUT2D eigenvalue weighted by Crippen LogP contribution is -2.20. The van der Waals surface area contributed by atoms with Crippen LogP contribution in [0.25, 0.3) is 11.0 Å². The van der Waals surface area contributed by atoms with Crippen LogP contribution < -0.4 is 20.1 Å². The molecule has 0 fully saturated rings. The Labute approximate surface area is 191 Å². The first-order valence-corrected chi connectivity index (χ1v) is 10.4. The summed E-state index contributed by atoms with van der Waals surface area (Å²) in [7, 11) is 1.49. The van der Waals surface area contributed by atoms with Crippen molar-refractivity contribution in [3.05, 3.63) is 83.6 Å². The zero-order chi connectivity index (χ0) is 23.4. The van der Waals surface area contributed by atoms with Gasteiger partial charge in [-0.2, -0.15) is 0 Å². The highest BCUT2D eigenvalue weighted by molar-refractivity contribution is 6.05. The summed E-state index contributed by atoms with van der Waals surface area (Å²) < 4.78 is 16.6. The van der Waals surface area contributed by atoms with Gasteiger partial charge in [-0.3, -0.25) is 9.59 Å². The molecule has 7 heteroatoms. The van der Waals surface area contributed by atoms with E-state index in [1.165, 1.54) is 7.11 Å². The molecule has 0 aliphatic heterocycles. The third-order valence-electron chi connectivity index (χ3n) is 4.95. The summed E-state index contributed by atoms with van der Waals surface area (Å²) in [6, 6.07) is 19.8. The molecule has 1 heterocycles. The molecule has 0 atom stereocenters. The van der Waals surface area contributed by atoms with Crippen LogP contribution in [0.4, 0.5) is 11.4 Å². The molecular weight excluding hydrogens is 420 g/mol. The van der Waals surface area contributed by atoms with Crippen LogP contribution in [0.3, 0.4) is 0 Å². The molecule has 1 aromatic heterocycles. The first-order chi connectivity index (χ1) is 15.9. The number of carbonyl (C=O) groups excluding carboxylic acids is 2. The summed E-state index contributed by atoms with van der Waals surface area (Å²) in [5.41, 5.74) is 3.73. The highest BCUT2D eigenvalue weighted by atomic mass is 16.5. The summed E-state index contributed by atoms with van der Waals surface area (Å²) in [5.74, 6) is 0.522. The van der Waals surface area contributed by atoms with Crippen LogP contribution in [0.15, 0.2) is 71.1 Å². The van der Waals surface area contributed by atoms with E-state index in [4.69, 9.17) is 13.9 Å². The summed E-state index contributed by atoms with van der Waals surface area (Å²) in [5, 5.41) is 6.40. The van der Waals surface area contributed by atoms with Crippen molar-refractivity contribution in [3.8, 4) is 11.5 Å². The van der Waals surface area contributed by atoms with Gasteiger partial charge in [0.1, 0.15) is 17.1 Å². The lowest BCUT2D eigenvalue weighted by Gasteiger charge is -2.13. The molecule has 0 saturated carbocycles. The van der Waals surface area contributed by atoms with E-state index >= 15 is 0 Å². The van der Waals surface area contributed by atoms with Crippen molar-refractivity contribution >= 4 is 34.2 Å². The van der Waals surface area contributed by atoms with E-state index in [-0.39, 0.29) is 18.3 Å². The molecule has 0 aliphatic carbocycles. The second-order valence-corrected chi connectivity index (χ2v) is 7.68. The van der Waals surface area contributed by atoms with Crippen LogP contribution in [0.2, 0.25) is 0 Å². The Morgan fingerprint density at radius 2 is 1.67 bits per heavy atom. The highest BCUT2D eigenvalue weighted by Crippen LogP contribution is 2.29. The number of ether oxygens (including phenoxy) is 2. The monoisotopic (exact) mass is 444 g/mol. The van der Waals surface area contributed by atoms with Crippen LogP contribution in [-0.4, -0.2) is 25.5 Å². The number of furan rings is 1. The lowest BCUT2D eigenvalue weighted by molar-refractivity contribution is -0.118. The zero-order valence-corrected chi connectivity index (χ0v) is 18.6. The van der Waals surface area contributed by atoms with Gasteiger partial charge in [-0.25, -0.2) is 0 Å². The van der Waals surface area contributed by atoms with Crippen molar-refractivity contribution in [1.82, 2.24) is 0 Å². The summed E-state index contributed by atoms with van der Waals surface area (Å²) in [6.07, 6.45) is 0. The number of methoxy groups -OCH3 is 1. The number of hydrogen-bond donors (Lipinski definition) is 2. The summed E-state index contributed by atoms with van der Waals surface area (Å²) in [4.78, 5) is 25.0. The van der Waals surface area contributed by atoms with Gasteiger partial charge in [0.2, 0.25) is 0 Å². The Kier molecular flexibility index (Phi) is 6.31. The molecule has 0 spiro atoms. The van der Waals surface area contributed by atoms with Gasteiger partial charge in [0.05, 0.1) is 12.8 Å². The van der Waals surface area contributed by atoms with Gasteiger partial charge in [0, 0.05) is 17.1 Å². The van der Waals surface area contributed by atoms with Gasteiger partial charge in [-0.05, 0) is 61.4 Å². The van der Waals surface area contributed by atoms with Crippen molar-refractivity contribution in [3.63, 3.8) is 0 Å². The van der Waals surface area contributed by atoms with Crippen LogP contribution in [0, 0.1) is 13.8 Å². The van der Waals surface area contributed by atoms with Crippen molar-refractivity contribution in [2.75, 3.05) is 24.4 Å². The Morgan fingerprint density at radius 3 is 2.39 bits per heavy atom. The molecule has 168 valence electrons. The van der Waals surface area contributed by atoms with Crippen molar-refractivity contribution in [2.45, 2.75) is 13.8 Å². The molecule has 0 saturated heterocycles. The van der Waals surface area contributed by atoms with Gasteiger partial charge in [-0.15, -0.1) is 0 Å². The van der Waals surface area contributed by atoms with E-state index in [1.807, 2.05) is 50.2 Å². The van der Waals surface area contributed by atoms with Gasteiger partial charge in [0.25, 0.3) is 11.8 Å². The van der Waals surface area contributed by atoms with E-state index in [1.54, 1.807) is 30.3 Å². The fourth-order valence-corrected chi connectivity index (χ4v) is 3.51. The molecule has 3 aromatic carbocycles. The van der Waals surface area contributed by atoms with Gasteiger partial charge in [0.15, 0.2) is 12.4 Å². The first kappa shape index (κ1) is 22.0. The molecule has 0 bridgehead atoms. The maximum absolute atomic E-state index is 12.6. The molecule has 4 aromatic rings. The number of amides is 2. The minimum absolute atomic E-state index is 0.129. The number of nitrogens with one attached hydrogen (secondary N) is 2. The van der Waals surface area contributed by atoms with Crippen LogP contribution in [0.5, 0.6) is 11.5 Å². The SMILES string of the molecule is COc1cc(NC(=O)COc2cc(C)cc(C)c2)ccc1NC(=O)c1cc2ccccc2o1. The first-order valence-electron chi connectivity index (χ1n) is 10.4. The molecule has 0 radical (unpaired) electrons. The zero-order valence-electron chi connectivity index (χ0n) is 18.6. The van der Waals surface area contributed by atoms with E-state index < -0.39 is 5.91 Å². The van der Waals surface area contributed by atoms with Gasteiger partial charge >= 0.3 is 0 Å². The Bertz CT molecular complexity index is 1270. The number of fused-ring (bicyclic) bond motifs is 1. The average Bonchev–Trinajstić information content (AvgIpc) is 3.22. The average molecular weight is 444 g/mol. The Morgan fingerprint density at radius 1 is 0.909 bits per heavy atom. The molecule has 0 unspecified atom stereocenters. The molecular formula is C26H24N2O5. The summed E-state index contributed by atoms with van der Waals surface area (Å²) >= 11 is 0. The number of anilines is 2. The largest absolute Gasteiger partial charge is 0.494 e. The number of rotatable bonds is 7. The predicted octanol–water partition coefficient (Wildman–Crippen LogP) is 5.33. The predicted molar refractivity (Wildman–Crippen MR) is 127 cm³/mol. The van der Waals surface area contributed by atoms with Crippen molar-refractivity contribution < 1.29 is 23.5 Å². The van der Waals surface area contributed by atoms with Crippen molar-refractivity contribution in [1.29, 1.82) is 0 Å². The quantitative estimate of drug-likeness (QED) is 0.402. The number of aryl methyl sites for hydroxylation is 2. The molecule has 33 heavy (non-hydrogen) atoms. The second kappa shape index (κ2) is 9.48. The molecule has 2 amide bonds. The number of hydrogen-bond acceptors (Lipinski definition) is 5. The molecule has 2 N–H and O–H groups in total. The van der Waals surface area contributed by atoms with Crippen molar-refractivity contribution in [2.24, 2.45) is 0 Å². The molecule has 0 aliphatic rings. The lowest BCUT2D eigenvalue weighted by atomic mass is 10.1. The third-order valence-corrected chi connectivity index (χ3v) is 4.95. The number of benzene rings is 3. The third kappa shape index (κ3) is 5.33. The highest BCUT2D eigenvalue weighted by Gasteiger charge is 2.15. The Balaban J connectivity index is 1.40. The minimum atomic E-state index is -0.400. The fraction of sp³-hybridized carbons (Fsp3) is 0.154. The van der Waals surface area contributed by atoms with E-state index in [9.17, 15) is 9.59 Å². The van der Waals surface area contributed by atoms with E-state index in [2.05, 4.69) is 10.6 Å². The number of para-hydroxylation sites is 1. The van der Waals surface area contributed by atoms with Gasteiger partial charge < -0.3 is 24.5 Å². The molecule has 7 nitrogen and oxygen atoms in total. The van der Waals surface area contributed by atoms with Gasteiger partial charge in [-0.1, -0.05) is 24.3 Å². The van der Waals surface area contributed by atoms with Crippen LogP contribution in [-0.2, 0) is 4.79 Å². The smallest absolute Gasteiger partial charge is 0.291 e. The standard InChI is InChI=1S/C26H24N2O5/c1-16-10-17(2)12-20(11-16)32-15-25(29)27-19-8-9-21(23(14-19)31-3)28-26(30)24-13-18-6-4-5-7-22(18)33-24/h4-14H,15H2,1-3H3,(H,27,29)(H,28,30). The minimum Gasteiger partial charge on any atom is -0.494 e. The second-order valence-electron chi connectivity index (χ2n) is 7.68. The maximum atomic E-state index is 12.6. The summed E-state index contributed by atoms with van der Waals surface area (Å²) in [6.45, 7) is 3.82. The van der Waals surface area contributed by atoms with E-state index in [0.29, 0.717) is 28.5 Å². The Hall–Kier alpha value is -4.26. The molecule has 4 rings (SSSR count). The maximum Gasteiger partial charge on any atom is 0.291 e. The van der Waals surface area contributed by atoms with E-state index in [0.717, 1.165) is 16.5 Å². The normalized spacial score (nSPS) is 10.6. The topological polar surface area (TPSA) is 89.8 Å². The van der Waals surface area contributed by atoms with Crippen LogP contribution in [0.1, 0.15) is 21.7 Å². The van der Waals surface area contributed by atoms with Crippen LogP contribution >= 0.6 is 0 Å². The number of carbonyl (C=O) groups is 2.